The van der Waals surface area contributed by atoms with Crippen molar-refractivity contribution in [1.82, 2.24) is 0 Å². The van der Waals surface area contributed by atoms with Crippen LogP contribution in [0.5, 0.6) is 0 Å². The van der Waals surface area contributed by atoms with Crippen LogP contribution in [-0.2, 0) is 4.57 Å². The minimum Gasteiger partial charge on any atom is -0.324 e. The molecule has 0 unspecified atom stereocenters. The lowest BCUT2D eigenvalue weighted by atomic mass is 9.88. The van der Waals surface area contributed by atoms with Crippen LogP contribution in [0.25, 0.3) is 0 Å². The average Bonchev–Trinajstić information content (AvgIpc) is 2.56. The maximum atomic E-state index is 13.5. The van der Waals surface area contributed by atoms with Crippen LogP contribution in [0.2, 0.25) is 0 Å². The molecule has 0 aromatic rings. The van der Waals surface area contributed by atoms with Crippen molar-refractivity contribution in [3.05, 3.63) is 0 Å². The van der Waals surface area contributed by atoms with E-state index in [0.29, 0.717) is 0 Å². The summed E-state index contributed by atoms with van der Waals surface area (Å²) in [5.41, 5.74) is 0. The highest BCUT2D eigenvalue weighted by molar-refractivity contribution is 7.51. The lowest BCUT2D eigenvalue weighted by molar-refractivity contribution is -0.423. The van der Waals surface area contributed by atoms with Crippen molar-refractivity contribution in [3.63, 3.8) is 0 Å². The highest BCUT2D eigenvalue weighted by atomic mass is 31.2. The molecular formula is C12H8F19O3P. The molecule has 0 spiro atoms. The van der Waals surface area contributed by atoms with Crippen molar-refractivity contribution < 1.29 is 97.8 Å². The molecule has 0 aliphatic carbocycles. The van der Waals surface area contributed by atoms with Crippen LogP contribution >= 0.6 is 7.60 Å². The van der Waals surface area contributed by atoms with Gasteiger partial charge in [0, 0.05) is 6.42 Å². The molecule has 0 bridgehead atoms. The van der Waals surface area contributed by atoms with Gasteiger partial charge < -0.3 is 9.79 Å². The van der Waals surface area contributed by atoms with E-state index in [9.17, 15) is 88.0 Å². The van der Waals surface area contributed by atoms with Crippen molar-refractivity contribution in [2.45, 2.75) is 66.4 Å². The first-order valence-electron chi connectivity index (χ1n) is 7.80. The molecular weight excluding hydrogens is 584 g/mol. The highest BCUT2D eigenvalue weighted by Gasteiger charge is 2.89. The molecule has 0 saturated heterocycles. The predicted octanol–water partition coefficient (Wildman–Crippen LogP) is 6.59. The summed E-state index contributed by atoms with van der Waals surface area (Å²) >= 11 is 0. The van der Waals surface area contributed by atoms with E-state index in [2.05, 4.69) is 0 Å². The standard InChI is InChI=1S/C12H8F19O3P/c13-4(14,1-2-35(32,33)34)7(19,20)10(25,26)8(21,22)5(15,16)3-6(17,18)9(23,24)11(27,28)12(29,30)31/h1-3H2,(H2,32,33,34). The van der Waals surface area contributed by atoms with E-state index in [4.69, 9.17) is 9.79 Å². The van der Waals surface area contributed by atoms with Crippen LogP contribution < -0.4 is 0 Å². The molecule has 0 fully saturated rings. The Balaban J connectivity index is 6.47. The smallest absolute Gasteiger partial charge is 0.324 e. The van der Waals surface area contributed by atoms with Crippen LogP contribution in [0, 0.1) is 0 Å². The van der Waals surface area contributed by atoms with Gasteiger partial charge in [0.25, 0.3) is 0 Å². The van der Waals surface area contributed by atoms with Gasteiger partial charge in [0.1, 0.15) is 0 Å². The molecule has 0 heterocycles. The number of hydrogen-bond donors (Lipinski definition) is 2. The summed E-state index contributed by atoms with van der Waals surface area (Å²) in [7, 11) is -5.77. The van der Waals surface area contributed by atoms with Crippen molar-refractivity contribution >= 4 is 7.60 Å². The van der Waals surface area contributed by atoms with Gasteiger partial charge in [0.15, 0.2) is 0 Å². The van der Waals surface area contributed by atoms with Crippen LogP contribution in [0.4, 0.5) is 83.4 Å². The van der Waals surface area contributed by atoms with Gasteiger partial charge in [-0.15, -0.1) is 0 Å². The van der Waals surface area contributed by atoms with Gasteiger partial charge >= 0.3 is 61.2 Å². The maximum absolute atomic E-state index is 13.5. The Bertz CT molecular complexity index is 810. The lowest BCUT2D eigenvalue weighted by Gasteiger charge is -2.41. The molecule has 2 N–H and O–H groups in total. The fourth-order valence-corrected chi connectivity index (χ4v) is 2.58. The minimum atomic E-state index is -8.29. The largest absolute Gasteiger partial charge is 0.460 e. The SMILES string of the molecule is O=P(O)(O)CCC(F)(F)C(F)(F)C(F)(F)C(F)(F)C(F)(F)CC(F)(F)C(F)(F)C(F)(F)C(F)(F)F. The first kappa shape index (κ1) is 33.8. The summed E-state index contributed by atoms with van der Waals surface area (Å²) in [6.07, 6.45) is -18.4. The highest BCUT2D eigenvalue weighted by Crippen LogP contribution is 2.62. The van der Waals surface area contributed by atoms with E-state index in [1.165, 1.54) is 0 Å². The number of rotatable bonds is 11. The normalized spacial score (nSPS) is 16.6. The number of alkyl halides is 19. The molecule has 0 atom stereocenters. The summed E-state index contributed by atoms with van der Waals surface area (Å²) in [6.45, 7) is 0. The van der Waals surface area contributed by atoms with Crippen molar-refractivity contribution in [3.8, 4) is 0 Å². The molecule has 0 amide bonds. The molecule has 212 valence electrons. The molecule has 0 radical (unpaired) electrons. The summed E-state index contributed by atoms with van der Waals surface area (Å²) in [5.74, 6) is -62.7. The Morgan fingerprint density at radius 3 is 1.03 bits per heavy atom. The van der Waals surface area contributed by atoms with E-state index in [1.807, 2.05) is 0 Å². The van der Waals surface area contributed by atoms with Crippen LogP contribution in [0.15, 0.2) is 0 Å². The third-order valence-corrected chi connectivity index (χ3v) is 4.88. The first-order chi connectivity index (χ1) is 14.7. The Morgan fingerprint density at radius 1 is 0.457 bits per heavy atom. The van der Waals surface area contributed by atoms with E-state index in [0.717, 1.165) is 0 Å². The van der Waals surface area contributed by atoms with E-state index < -0.39 is 80.2 Å². The van der Waals surface area contributed by atoms with Gasteiger partial charge in [-0.25, -0.2) is 0 Å². The van der Waals surface area contributed by atoms with Crippen LogP contribution in [0.3, 0.4) is 0 Å². The Labute approximate surface area is 179 Å². The summed E-state index contributed by atoms with van der Waals surface area (Å²) < 4.78 is 258. The zero-order valence-electron chi connectivity index (χ0n) is 15.6. The number of hydrogen-bond acceptors (Lipinski definition) is 1. The van der Waals surface area contributed by atoms with Crippen molar-refractivity contribution in [2.24, 2.45) is 0 Å². The summed E-state index contributed by atoms with van der Waals surface area (Å²) in [5, 5.41) is 0. The fraction of sp³-hybridized carbons (Fsp3) is 1.00. The zero-order chi connectivity index (χ0) is 29.1. The molecule has 23 heteroatoms. The third kappa shape index (κ3) is 5.57. The lowest BCUT2D eigenvalue weighted by Crippen LogP contribution is -2.69. The van der Waals surface area contributed by atoms with Crippen LogP contribution in [0.1, 0.15) is 12.8 Å². The second-order valence-corrected chi connectivity index (χ2v) is 8.57. The van der Waals surface area contributed by atoms with Crippen molar-refractivity contribution in [2.75, 3.05) is 6.16 Å². The Morgan fingerprint density at radius 2 is 0.743 bits per heavy atom. The maximum Gasteiger partial charge on any atom is 0.460 e. The van der Waals surface area contributed by atoms with Gasteiger partial charge in [-0.2, -0.15) is 83.4 Å². The quantitative estimate of drug-likeness (QED) is 0.211. The van der Waals surface area contributed by atoms with Gasteiger partial charge in [0.05, 0.1) is 12.6 Å². The summed E-state index contributed by atoms with van der Waals surface area (Å²) in [4.78, 5) is 16.5. The third-order valence-electron chi connectivity index (χ3n) is 4.08. The van der Waals surface area contributed by atoms with E-state index in [1.54, 1.807) is 0 Å². The first-order valence-corrected chi connectivity index (χ1v) is 9.60. The average molecular weight is 592 g/mol. The topological polar surface area (TPSA) is 57.5 Å². The molecule has 0 saturated carbocycles. The molecule has 3 nitrogen and oxygen atoms in total. The molecule has 35 heavy (non-hydrogen) atoms. The summed E-state index contributed by atoms with van der Waals surface area (Å²) in [6, 6.07) is 0. The van der Waals surface area contributed by atoms with E-state index in [-0.39, 0.29) is 0 Å². The Hall–Kier alpha value is -1.18. The second-order valence-electron chi connectivity index (χ2n) is 6.80. The Kier molecular flexibility index (Phi) is 8.40. The van der Waals surface area contributed by atoms with Gasteiger partial charge in [0.2, 0.25) is 0 Å². The molecule has 0 rings (SSSR count). The monoisotopic (exact) mass is 592 g/mol. The zero-order valence-corrected chi connectivity index (χ0v) is 16.4. The second kappa shape index (κ2) is 8.70. The number of halogens is 19. The molecule has 0 aliphatic heterocycles. The molecule has 0 aromatic heterocycles. The predicted molar refractivity (Wildman–Crippen MR) is 71.8 cm³/mol. The van der Waals surface area contributed by atoms with Gasteiger partial charge in [-0.05, 0) is 0 Å². The minimum absolute atomic E-state index is 2.47. The van der Waals surface area contributed by atoms with Gasteiger partial charge in [-0.1, -0.05) is 0 Å². The fourth-order valence-electron chi connectivity index (χ4n) is 2.01. The van der Waals surface area contributed by atoms with E-state index >= 15 is 0 Å². The van der Waals surface area contributed by atoms with Crippen LogP contribution in [-0.4, -0.2) is 69.5 Å². The molecule has 0 aromatic carbocycles. The molecule has 0 aliphatic rings. The van der Waals surface area contributed by atoms with Gasteiger partial charge in [-0.3, -0.25) is 4.57 Å². The van der Waals surface area contributed by atoms with Crippen molar-refractivity contribution in [1.29, 1.82) is 0 Å².